The van der Waals surface area contributed by atoms with Crippen LogP contribution in [0.25, 0.3) is 11.5 Å². The third-order valence-electron chi connectivity index (χ3n) is 2.39. The summed E-state index contributed by atoms with van der Waals surface area (Å²) in [6, 6.07) is 7.12. The first-order valence-electron chi connectivity index (χ1n) is 5.89. The maximum absolute atomic E-state index is 11.5. The van der Waals surface area contributed by atoms with Crippen molar-refractivity contribution in [3.63, 3.8) is 0 Å². The first kappa shape index (κ1) is 14.0. The molecule has 0 amide bonds. The van der Waals surface area contributed by atoms with Gasteiger partial charge in [-0.2, -0.15) is 0 Å². The number of anilines is 1. The van der Waals surface area contributed by atoms with E-state index in [-0.39, 0.29) is 10.8 Å². The van der Waals surface area contributed by atoms with Crippen molar-refractivity contribution in [1.29, 1.82) is 0 Å². The van der Waals surface area contributed by atoms with Gasteiger partial charge in [0.2, 0.25) is 5.89 Å². The molecule has 0 atom stereocenters. The average Bonchev–Trinajstić information content (AvgIpc) is 2.89. The van der Waals surface area contributed by atoms with E-state index in [4.69, 9.17) is 27.1 Å². The van der Waals surface area contributed by atoms with Crippen LogP contribution in [-0.4, -0.2) is 22.7 Å². The normalized spacial score (nSPS) is 10.1. The van der Waals surface area contributed by atoms with Crippen LogP contribution in [0.5, 0.6) is 0 Å². The van der Waals surface area contributed by atoms with Crippen molar-refractivity contribution < 1.29 is 13.9 Å². The Hall–Kier alpha value is -2.41. The Labute approximate surface area is 120 Å². The molecule has 2 rings (SSSR count). The quantitative estimate of drug-likeness (QED) is 0.659. The molecule has 3 N–H and O–H groups in total. The average molecular weight is 291 g/mol. The number of rotatable bonds is 4. The summed E-state index contributed by atoms with van der Waals surface area (Å²) in [5.74, 6) is -0.163. The number of nitrogens with one attached hydrogen (secondary N) is 1. The number of oxazole rings is 1. The van der Waals surface area contributed by atoms with Crippen molar-refractivity contribution >= 4 is 29.0 Å². The van der Waals surface area contributed by atoms with Gasteiger partial charge in [-0.1, -0.05) is 0 Å². The van der Waals surface area contributed by atoms with Crippen LogP contribution in [0.15, 0.2) is 34.9 Å². The molecule has 1 aromatic heterocycles. The van der Waals surface area contributed by atoms with E-state index in [9.17, 15) is 4.79 Å². The summed E-state index contributed by atoms with van der Waals surface area (Å²) in [5.41, 5.74) is 7.02. The molecule has 0 spiro atoms. The van der Waals surface area contributed by atoms with Crippen LogP contribution < -0.4 is 11.1 Å². The fourth-order valence-electron chi connectivity index (χ4n) is 1.54. The van der Waals surface area contributed by atoms with E-state index in [0.29, 0.717) is 12.5 Å². The molecule has 104 valence electrons. The van der Waals surface area contributed by atoms with E-state index in [0.717, 1.165) is 11.3 Å². The highest BCUT2D eigenvalue weighted by Gasteiger charge is 2.14. The van der Waals surface area contributed by atoms with Gasteiger partial charge in [0.15, 0.2) is 10.8 Å². The number of esters is 1. The Morgan fingerprint density at radius 1 is 1.45 bits per heavy atom. The van der Waals surface area contributed by atoms with Gasteiger partial charge in [0, 0.05) is 11.3 Å². The van der Waals surface area contributed by atoms with Crippen molar-refractivity contribution in [3.8, 4) is 11.5 Å². The molecule has 0 radical (unpaired) electrons. The summed E-state index contributed by atoms with van der Waals surface area (Å²) in [6.07, 6.45) is 1.27. The maximum Gasteiger partial charge on any atom is 0.360 e. The molecule has 0 fully saturated rings. The number of nitrogens with two attached hydrogens (primary N) is 1. The third-order valence-corrected chi connectivity index (χ3v) is 2.49. The predicted octanol–water partition coefficient (Wildman–Crippen LogP) is 2.17. The lowest BCUT2D eigenvalue weighted by atomic mass is 10.2. The summed E-state index contributed by atoms with van der Waals surface area (Å²) in [4.78, 5) is 15.6. The molecule has 0 saturated heterocycles. The smallest absolute Gasteiger partial charge is 0.360 e. The molecule has 0 aliphatic carbocycles. The topological polar surface area (TPSA) is 90.4 Å². The largest absolute Gasteiger partial charge is 0.461 e. The first-order chi connectivity index (χ1) is 9.60. The van der Waals surface area contributed by atoms with Crippen LogP contribution in [0.2, 0.25) is 0 Å². The lowest BCUT2D eigenvalue weighted by Crippen LogP contribution is -2.18. The van der Waals surface area contributed by atoms with Gasteiger partial charge in [0.25, 0.3) is 0 Å². The van der Waals surface area contributed by atoms with Crippen LogP contribution in [0.3, 0.4) is 0 Å². The first-order valence-corrected chi connectivity index (χ1v) is 6.30. The van der Waals surface area contributed by atoms with Gasteiger partial charge in [-0.15, -0.1) is 0 Å². The van der Waals surface area contributed by atoms with Crippen molar-refractivity contribution in [2.24, 2.45) is 5.73 Å². The van der Waals surface area contributed by atoms with Gasteiger partial charge in [-0.05, 0) is 43.4 Å². The minimum absolute atomic E-state index is 0.146. The molecule has 20 heavy (non-hydrogen) atoms. The fraction of sp³-hybridized carbons (Fsp3) is 0.154. The Morgan fingerprint density at radius 2 is 2.15 bits per heavy atom. The minimum Gasteiger partial charge on any atom is -0.461 e. The zero-order chi connectivity index (χ0) is 14.5. The molecule has 2 aromatic rings. The molecule has 1 aromatic carbocycles. The van der Waals surface area contributed by atoms with Gasteiger partial charge in [-0.25, -0.2) is 9.78 Å². The van der Waals surface area contributed by atoms with Gasteiger partial charge < -0.3 is 20.2 Å². The number of hydrogen-bond acceptors (Lipinski definition) is 5. The van der Waals surface area contributed by atoms with Crippen LogP contribution >= 0.6 is 12.2 Å². The number of carbonyl (C=O) groups excluding carboxylic acids is 1. The van der Waals surface area contributed by atoms with E-state index in [1.54, 1.807) is 31.2 Å². The lowest BCUT2D eigenvalue weighted by Gasteiger charge is -2.03. The molecule has 0 aliphatic heterocycles. The number of nitrogens with zero attached hydrogens (tertiary/aromatic N) is 1. The monoisotopic (exact) mass is 291 g/mol. The second kappa shape index (κ2) is 6.16. The Kier molecular flexibility index (Phi) is 4.31. The zero-order valence-corrected chi connectivity index (χ0v) is 11.6. The van der Waals surface area contributed by atoms with E-state index >= 15 is 0 Å². The predicted molar refractivity (Wildman–Crippen MR) is 78.3 cm³/mol. The highest BCUT2D eigenvalue weighted by atomic mass is 32.1. The second-order valence-electron chi connectivity index (χ2n) is 3.82. The minimum atomic E-state index is -0.505. The van der Waals surface area contributed by atoms with E-state index in [2.05, 4.69) is 10.3 Å². The summed E-state index contributed by atoms with van der Waals surface area (Å²) in [6.45, 7) is 2.02. The molecular weight excluding hydrogens is 278 g/mol. The Bertz CT molecular complexity index is 622. The summed E-state index contributed by atoms with van der Waals surface area (Å²) in [5, 5.41) is 3.00. The SMILES string of the molecule is CCOC(=O)c1coc(-c2ccc(NC(N)=S)cc2)n1. The van der Waals surface area contributed by atoms with Crippen molar-refractivity contribution in [1.82, 2.24) is 4.98 Å². The highest BCUT2D eigenvalue weighted by molar-refractivity contribution is 7.80. The number of benzene rings is 1. The van der Waals surface area contributed by atoms with Gasteiger partial charge in [-0.3, -0.25) is 0 Å². The van der Waals surface area contributed by atoms with Crippen molar-refractivity contribution in [2.75, 3.05) is 11.9 Å². The molecule has 0 unspecified atom stereocenters. The molecule has 0 aliphatic rings. The molecular formula is C13H13N3O3S. The standard InChI is InChI=1S/C13H13N3O3S/c1-2-18-12(17)10-7-19-11(16-10)8-3-5-9(6-4-8)15-13(14)20/h3-7H,2H2,1H3,(H3,14,15,20). The van der Waals surface area contributed by atoms with E-state index in [1.807, 2.05) is 0 Å². The van der Waals surface area contributed by atoms with Gasteiger partial charge in [0.1, 0.15) is 6.26 Å². The third kappa shape index (κ3) is 3.33. The summed E-state index contributed by atoms with van der Waals surface area (Å²) >= 11 is 4.75. The van der Waals surface area contributed by atoms with Gasteiger partial charge in [0.05, 0.1) is 6.61 Å². The number of thiocarbonyl (C=S) groups is 1. The lowest BCUT2D eigenvalue weighted by molar-refractivity contribution is 0.0519. The fourth-order valence-corrected chi connectivity index (χ4v) is 1.66. The summed E-state index contributed by atoms with van der Waals surface area (Å²) in [7, 11) is 0. The Morgan fingerprint density at radius 3 is 2.75 bits per heavy atom. The summed E-state index contributed by atoms with van der Waals surface area (Å²) < 4.78 is 10.1. The van der Waals surface area contributed by atoms with E-state index < -0.39 is 5.97 Å². The zero-order valence-electron chi connectivity index (χ0n) is 10.8. The molecule has 7 heteroatoms. The number of ether oxygens (including phenoxy) is 1. The molecule has 0 saturated carbocycles. The van der Waals surface area contributed by atoms with Crippen LogP contribution in [0.1, 0.15) is 17.4 Å². The molecule has 6 nitrogen and oxygen atoms in total. The number of carbonyl (C=O) groups is 1. The van der Waals surface area contributed by atoms with Crippen LogP contribution in [0.4, 0.5) is 5.69 Å². The van der Waals surface area contributed by atoms with E-state index in [1.165, 1.54) is 6.26 Å². The van der Waals surface area contributed by atoms with Crippen LogP contribution in [-0.2, 0) is 4.74 Å². The number of aromatic nitrogens is 1. The van der Waals surface area contributed by atoms with Crippen LogP contribution in [0, 0.1) is 0 Å². The highest BCUT2D eigenvalue weighted by Crippen LogP contribution is 2.21. The Balaban J connectivity index is 2.15. The second-order valence-corrected chi connectivity index (χ2v) is 4.26. The molecule has 1 heterocycles. The molecule has 0 bridgehead atoms. The van der Waals surface area contributed by atoms with Crippen molar-refractivity contribution in [2.45, 2.75) is 6.92 Å². The van der Waals surface area contributed by atoms with Crippen molar-refractivity contribution in [3.05, 3.63) is 36.2 Å². The number of hydrogen-bond donors (Lipinski definition) is 2. The maximum atomic E-state index is 11.5. The van der Waals surface area contributed by atoms with Gasteiger partial charge >= 0.3 is 5.97 Å².